The molecule has 0 aliphatic rings. The Hall–Kier alpha value is -1.81. The fourth-order valence-electron chi connectivity index (χ4n) is 1.88. The summed E-state index contributed by atoms with van der Waals surface area (Å²) in [7, 11) is 1.91. The van der Waals surface area contributed by atoms with Crippen molar-refractivity contribution < 1.29 is 4.74 Å². The molecule has 1 heterocycles. The molecule has 0 saturated carbocycles. The lowest BCUT2D eigenvalue weighted by molar-refractivity contribution is 0.473. The van der Waals surface area contributed by atoms with Gasteiger partial charge in [-0.2, -0.15) is 5.10 Å². The van der Waals surface area contributed by atoms with Gasteiger partial charge in [-0.1, -0.05) is 12.1 Å². The molecule has 1 atom stereocenters. The van der Waals surface area contributed by atoms with Crippen molar-refractivity contribution in [2.75, 3.05) is 0 Å². The van der Waals surface area contributed by atoms with E-state index in [1.807, 2.05) is 56.8 Å². The zero-order chi connectivity index (χ0) is 13.3. The van der Waals surface area contributed by atoms with Crippen molar-refractivity contribution in [1.82, 2.24) is 9.78 Å². The second-order valence-electron chi connectivity index (χ2n) is 4.59. The Bertz CT molecular complexity index is 558. The highest BCUT2D eigenvalue weighted by atomic mass is 16.5. The van der Waals surface area contributed by atoms with E-state index in [-0.39, 0.29) is 6.04 Å². The van der Waals surface area contributed by atoms with E-state index in [1.165, 1.54) is 0 Å². The molecule has 2 N–H and O–H groups in total. The van der Waals surface area contributed by atoms with Gasteiger partial charge >= 0.3 is 0 Å². The van der Waals surface area contributed by atoms with Gasteiger partial charge in [0.25, 0.3) is 0 Å². The Morgan fingerprint density at radius 3 is 2.61 bits per heavy atom. The largest absolute Gasteiger partial charge is 0.453 e. The SMILES string of the molecule is Cc1nn(C)c(C)c1Oc1cccc(C(C)N)c1. The van der Waals surface area contributed by atoms with Gasteiger partial charge < -0.3 is 10.5 Å². The average molecular weight is 245 g/mol. The zero-order valence-electron chi connectivity index (χ0n) is 11.3. The van der Waals surface area contributed by atoms with Gasteiger partial charge in [0.1, 0.15) is 11.4 Å². The summed E-state index contributed by atoms with van der Waals surface area (Å²) >= 11 is 0. The standard InChI is InChI=1S/C14H19N3O/c1-9(15)12-6-5-7-13(8-12)18-14-10(2)16-17(4)11(14)3/h5-9H,15H2,1-4H3. The highest BCUT2D eigenvalue weighted by molar-refractivity contribution is 5.39. The Morgan fingerprint density at radius 2 is 2.06 bits per heavy atom. The molecule has 18 heavy (non-hydrogen) atoms. The van der Waals surface area contributed by atoms with Crippen LogP contribution in [0.2, 0.25) is 0 Å². The number of aryl methyl sites for hydroxylation is 2. The van der Waals surface area contributed by atoms with Crippen LogP contribution in [0.5, 0.6) is 11.5 Å². The molecule has 0 bridgehead atoms. The van der Waals surface area contributed by atoms with Gasteiger partial charge in [0.15, 0.2) is 5.75 Å². The van der Waals surface area contributed by atoms with Crippen molar-refractivity contribution in [2.45, 2.75) is 26.8 Å². The molecule has 0 spiro atoms. The quantitative estimate of drug-likeness (QED) is 0.904. The van der Waals surface area contributed by atoms with Crippen LogP contribution in [0.15, 0.2) is 24.3 Å². The molecule has 0 aliphatic heterocycles. The summed E-state index contributed by atoms with van der Waals surface area (Å²) in [4.78, 5) is 0. The Balaban J connectivity index is 2.31. The zero-order valence-corrected chi connectivity index (χ0v) is 11.3. The summed E-state index contributed by atoms with van der Waals surface area (Å²) in [6, 6.07) is 7.86. The molecular weight excluding hydrogens is 226 g/mol. The summed E-state index contributed by atoms with van der Waals surface area (Å²) in [5.41, 5.74) is 8.83. The van der Waals surface area contributed by atoms with Gasteiger partial charge in [-0.15, -0.1) is 0 Å². The maximum atomic E-state index is 5.91. The van der Waals surface area contributed by atoms with E-state index >= 15 is 0 Å². The lowest BCUT2D eigenvalue weighted by Gasteiger charge is -2.10. The van der Waals surface area contributed by atoms with Gasteiger partial charge in [-0.25, -0.2) is 0 Å². The van der Waals surface area contributed by atoms with E-state index in [4.69, 9.17) is 10.5 Å². The number of nitrogens with zero attached hydrogens (tertiary/aromatic N) is 2. The molecule has 1 aromatic heterocycles. The van der Waals surface area contributed by atoms with E-state index in [1.54, 1.807) is 0 Å². The lowest BCUT2D eigenvalue weighted by atomic mass is 10.1. The van der Waals surface area contributed by atoms with Crippen molar-refractivity contribution >= 4 is 0 Å². The molecule has 0 amide bonds. The molecule has 2 rings (SSSR count). The first kappa shape index (κ1) is 12.6. The molecule has 0 saturated heterocycles. The monoisotopic (exact) mass is 245 g/mol. The molecule has 2 aromatic rings. The first-order valence-corrected chi connectivity index (χ1v) is 6.02. The predicted octanol–water partition coefficient (Wildman–Crippen LogP) is 2.85. The first-order chi connectivity index (χ1) is 8.49. The molecule has 4 heteroatoms. The number of rotatable bonds is 3. The van der Waals surface area contributed by atoms with Crippen LogP contribution in [0.25, 0.3) is 0 Å². The van der Waals surface area contributed by atoms with Gasteiger partial charge in [-0.3, -0.25) is 4.68 Å². The van der Waals surface area contributed by atoms with Crippen LogP contribution < -0.4 is 10.5 Å². The summed E-state index contributed by atoms with van der Waals surface area (Å²) in [5, 5.41) is 4.33. The molecule has 0 radical (unpaired) electrons. The van der Waals surface area contributed by atoms with Crippen LogP contribution in [0.1, 0.15) is 29.9 Å². The minimum atomic E-state index is 0.00430. The van der Waals surface area contributed by atoms with Crippen LogP contribution >= 0.6 is 0 Å². The fraction of sp³-hybridized carbons (Fsp3) is 0.357. The minimum Gasteiger partial charge on any atom is -0.453 e. The normalized spacial score (nSPS) is 12.5. The van der Waals surface area contributed by atoms with Crippen LogP contribution in [0, 0.1) is 13.8 Å². The third kappa shape index (κ3) is 2.38. The van der Waals surface area contributed by atoms with Crippen LogP contribution in [0.4, 0.5) is 0 Å². The number of ether oxygens (including phenoxy) is 1. The highest BCUT2D eigenvalue weighted by Crippen LogP contribution is 2.29. The maximum absolute atomic E-state index is 5.91. The summed E-state index contributed by atoms with van der Waals surface area (Å²) in [6.45, 7) is 5.89. The summed E-state index contributed by atoms with van der Waals surface area (Å²) in [5.74, 6) is 1.61. The van der Waals surface area contributed by atoms with E-state index < -0.39 is 0 Å². The number of hydrogen-bond donors (Lipinski definition) is 1. The van der Waals surface area contributed by atoms with Gasteiger partial charge in [-0.05, 0) is 38.5 Å². The number of benzene rings is 1. The fourth-order valence-corrected chi connectivity index (χ4v) is 1.88. The molecule has 0 aliphatic carbocycles. The lowest BCUT2D eigenvalue weighted by Crippen LogP contribution is -2.04. The summed E-state index contributed by atoms with van der Waals surface area (Å²) < 4.78 is 7.73. The molecule has 0 fully saturated rings. The van der Waals surface area contributed by atoms with E-state index in [0.717, 1.165) is 28.5 Å². The van der Waals surface area contributed by atoms with Gasteiger partial charge in [0.05, 0.1) is 5.69 Å². The number of nitrogens with two attached hydrogens (primary N) is 1. The van der Waals surface area contributed by atoms with Crippen LogP contribution in [-0.4, -0.2) is 9.78 Å². The number of aromatic nitrogens is 2. The molecule has 1 unspecified atom stereocenters. The van der Waals surface area contributed by atoms with Crippen molar-refractivity contribution in [3.63, 3.8) is 0 Å². The highest BCUT2D eigenvalue weighted by Gasteiger charge is 2.12. The van der Waals surface area contributed by atoms with Gasteiger partial charge in [0.2, 0.25) is 0 Å². The third-order valence-electron chi connectivity index (χ3n) is 3.05. The minimum absolute atomic E-state index is 0.00430. The second kappa shape index (κ2) is 4.82. The van der Waals surface area contributed by atoms with E-state index in [2.05, 4.69) is 5.10 Å². The molecule has 96 valence electrons. The maximum Gasteiger partial charge on any atom is 0.171 e. The topological polar surface area (TPSA) is 53.1 Å². The Labute approximate surface area is 107 Å². The van der Waals surface area contributed by atoms with Crippen LogP contribution in [0.3, 0.4) is 0 Å². The molecule has 4 nitrogen and oxygen atoms in total. The average Bonchev–Trinajstić information content (AvgIpc) is 2.56. The molecular formula is C14H19N3O. The Morgan fingerprint density at radius 1 is 1.33 bits per heavy atom. The van der Waals surface area contributed by atoms with Crippen molar-refractivity contribution in [3.8, 4) is 11.5 Å². The Kier molecular flexibility index (Phi) is 3.39. The summed E-state index contributed by atoms with van der Waals surface area (Å²) in [6.07, 6.45) is 0. The van der Waals surface area contributed by atoms with E-state index in [0.29, 0.717) is 0 Å². The van der Waals surface area contributed by atoms with E-state index in [9.17, 15) is 0 Å². The van der Waals surface area contributed by atoms with Crippen LogP contribution in [-0.2, 0) is 7.05 Å². The van der Waals surface area contributed by atoms with Crippen molar-refractivity contribution in [3.05, 3.63) is 41.2 Å². The predicted molar refractivity (Wildman–Crippen MR) is 71.8 cm³/mol. The van der Waals surface area contributed by atoms with Gasteiger partial charge in [0, 0.05) is 13.1 Å². The smallest absolute Gasteiger partial charge is 0.171 e. The van der Waals surface area contributed by atoms with Crippen molar-refractivity contribution in [1.29, 1.82) is 0 Å². The first-order valence-electron chi connectivity index (χ1n) is 6.02. The third-order valence-corrected chi connectivity index (χ3v) is 3.05. The second-order valence-corrected chi connectivity index (χ2v) is 4.59. The number of hydrogen-bond acceptors (Lipinski definition) is 3. The molecule has 1 aromatic carbocycles. The van der Waals surface area contributed by atoms with Crippen molar-refractivity contribution in [2.24, 2.45) is 12.8 Å².